The predicted molar refractivity (Wildman–Crippen MR) is 75.5 cm³/mol. The zero-order valence-electron chi connectivity index (χ0n) is 12.3. The van der Waals surface area contributed by atoms with Crippen LogP contribution in [0.25, 0.3) is 0 Å². The van der Waals surface area contributed by atoms with Crippen molar-refractivity contribution >= 4 is 11.9 Å². The van der Waals surface area contributed by atoms with Crippen molar-refractivity contribution in [1.29, 1.82) is 0 Å². The average Bonchev–Trinajstić information content (AvgIpc) is 2.83. The lowest BCUT2D eigenvalue weighted by Gasteiger charge is -2.30. The third-order valence-corrected chi connectivity index (χ3v) is 3.36. The lowest BCUT2D eigenvalue weighted by atomic mass is 9.84. The quantitative estimate of drug-likeness (QED) is 0.887. The number of benzene rings is 1. The molecule has 0 saturated carbocycles. The minimum Gasteiger partial charge on any atom is -0.481 e. The van der Waals surface area contributed by atoms with Gasteiger partial charge in [0.15, 0.2) is 11.5 Å². The van der Waals surface area contributed by atoms with Crippen LogP contribution in [0.3, 0.4) is 0 Å². The first kappa shape index (κ1) is 15.2. The van der Waals surface area contributed by atoms with Gasteiger partial charge < -0.3 is 19.9 Å². The van der Waals surface area contributed by atoms with E-state index in [2.05, 4.69) is 5.32 Å². The molecule has 0 saturated heterocycles. The highest BCUT2D eigenvalue weighted by Crippen LogP contribution is 2.32. The minimum absolute atomic E-state index is 0.125. The Morgan fingerprint density at radius 2 is 1.95 bits per heavy atom. The third-order valence-electron chi connectivity index (χ3n) is 3.36. The fraction of sp³-hybridized carbons (Fsp3) is 0.467. The summed E-state index contributed by atoms with van der Waals surface area (Å²) in [5.41, 5.74) is 0.0589. The number of rotatable bonds is 4. The van der Waals surface area contributed by atoms with E-state index in [0.717, 1.165) is 0 Å². The number of carbonyl (C=O) groups excluding carboxylic acids is 1. The van der Waals surface area contributed by atoms with E-state index in [-0.39, 0.29) is 24.5 Å². The summed E-state index contributed by atoms with van der Waals surface area (Å²) in [5, 5.41) is 11.7. The number of nitrogens with one attached hydrogen (secondary N) is 1. The molecule has 1 atom stereocenters. The van der Waals surface area contributed by atoms with E-state index in [9.17, 15) is 9.59 Å². The first-order chi connectivity index (χ1) is 9.77. The van der Waals surface area contributed by atoms with Crippen LogP contribution in [0, 0.1) is 5.41 Å². The van der Waals surface area contributed by atoms with Gasteiger partial charge in [-0.2, -0.15) is 0 Å². The van der Waals surface area contributed by atoms with Gasteiger partial charge in [-0.25, -0.2) is 0 Å². The molecule has 6 nitrogen and oxygen atoms in total. The van der Waals surface area contributed by atoms with Gasteiger partial charge in [0.1, 0.15) is 0 Å². The molecule has 1 aliphatic heterocycles. The van der Waals surface area contributed by atoms with E-state index < -0.39 is 12.0 Å². The summed E-state index contributed by atoms with van der Waals surface area (Å²) in [7, 11) is 0. The van der Waals surface area contributed by atoms with Crippen molar-refractivity contribution in [3.8, 4) is 11.5 Å². The molecule has 21 heavy (non-hydrogen) atoms. The van der Waals surface area contributed by atoms with Crippen LogP contribution in [-0.2, 0) is 4.79 Å². The molecule has 0 aliphatic carbocycles. The summed E-state index contributed by atoms with van der Waals surface area (Å²) in [5.74, 6) is -0.145. The zero-order valence-corrected chi connectivity index (χ0v) is 12.3. The van der Waals surface area contributed by atoms with Crippen LogP contribution in [0.4, 0.5) is 0 Å². The van der Waals surface area contributed by atoms with Gasteiger partial charge in [-0.05, 0) is 23.6 Å². The molecule has 1 aromatic carbocycles. The lowest BCUT2D eigenvalue weighted by Crippen LogP contribution is -2.45. The molecule has 0 radical (unpaired) electrons. The number of amides is 1. The molecule has 2 N–H and O–H groups in total. The SMILES string of the molecule is CC(C)(C)C(CC(=O)O)NC(=O)c1ccc2c(c1)OCO2. The van der Waals surface area contributed by atoms with E-state index >= 15 is 0 Å². The Bertz CT molecular complexity index is 562. The molecule has 114 valence electrons. The molecule has 2 rings (SSSR count). The van der Waals surface area contributed by atoms with Crippen LogP contribution in [0.2, 0.25) is 0 Å². The fourth-order valence-corrected chi connectivity index (χ4v) is 2.03. The van der Waals surface area contributed by atoms with Crippen LogP contribution in [0.5, 0.6) is 11.5 Å². The van der Waals surface area contributed by atoms with Crippen molar-refractivity contribution in [1.82, 2.24) is 5.32 Å². The molecule has 0 spiro atoms. The second-order valence-corrected chi connectivity index (χ2v) is 6.06. The number of hydrogen-bond donors (Lipinski definition) is 2. The predicted octanol–water partition coefficient (Wildman–Crippen LogP) is 2.03. The smallest absolute Gasteiger partial charge is 0.305 e. The molecule has 0 aromatic heterocycles. The summed E-state index contributed by atoms with van der Waals surface area (Å²) in [4.78, 5) is 23.2. The van der Waals surface area contributed by atoms with E-state index in [4.69, 9.17) is 14.6 Å². The molecular weight excluding hydrogens is 274 g/mol. The molecule has 1 aliphatic rings. The third kappa shape index (κ3) is 3.65. The zero-order chi connectivity index (χ0) is 15.6. The van der Waals surface area contributed by atoms with Gasteiger partial charge in [-0.3, -0.25) is 9.59 Å². The van der Waals surface area contributed by atoms with Gasteiger partial charge in [0.2, 0.25) is 6.79 Å². The topological polar surface area (TPSA) is 84.9 Å². The second kappa shape index (κ2) is 5.63. The summed E-state index contributed by atoms with van der Waals surface area (Å²) in [6, 6.07) is 4.43. The summed E-state index contributed by atoms with van der Waals surface area (Å²) >= 11 is 0. The Morgan fingerprint density at radius 1 is 1.29 bits per heavy atom. The summed E-state index contributed by atoms with van der Waals surface area (Å²) < 4.78 is 10.4. The Morgan fingerprint density at radius 3 is 2.57 bits per heavy atom. The van der Waals surface area contributed by atoms with Gasteiger partial charge in [0, 0.05) is 11.6 Å². The highest BCUT2D eigenvalue weighted by Gasteiger charge is 2.29. The summed E-state index contributed by atoms with van der Waals surface area (Å²) in [6.07, 6.45) is -0.125. The van der Waals surface area contributed by atoms with Crippen LogP contribution in [-0.4, -0.2) is 29.8 Å². The van der Waals surface area contributed by atoms with Crippen LogP contribution in [0.15, 0.2) is 18.2 Å². The molecule has 1 unspecified atom stereocenters. The average molecular weight is 293 g/mol. The van der Waals surface area contributed by atoms with Crippen molar-refractivity contribution in [3.63, 3.8) is 0 Å². The van der Waals surface area contributed by atoms with Crippen LogP contribution in [0.1, 0.15) is 37.6 Å². The normalized spacial score (nSPS) is 14.6. The van der Waals surface area contributed by atoms with Crippen LogP contribution >= 0.6 is 0 Å². The first-order valence-corrected chi connectivity index (χ1v) is 6.69. The van der Waals surface area contributed by atoms with Gasteiger partial charge in [-0.1, -0.05) is 20.8 Å². The monoisotopic (exact) mass is 293 g/mol. The lowest BCUT2D eigenvalue weighted by molar-refractivity contribution is -0.138. The molecule has 1 amide bonds. The number of carboxylic acid groups (broad SMARTS) is 1. The van der Waals surface area contributed by atoms with Crippen molar-refractivity contribution < 1.29 is 24.2 Å². The number of carbonyl (C=O) groups is 2. The number of carboxylic acids is 1. The maximum absolute atomic E-state index is 12.3. The van der Waals surface area contributed by atoms with Gasteiger partial charge >= 0.3 is 5.97 Å². The Kier molecular flexibility index (Phi) is 4.06. The Hall–Kier alpha value is -2.24. The Balaban J connectivity index is 2.13. The minimum atomic E-state index is -0.944. The van der Waals surface area contributed by atoms with Crippen molar-refractivity contribution in [2.45, 2.75) is 33.2 Å². The van der Waals surface area contributed by atoms with Gasteiger partial charge in [-0.15, -0.1) is 0 Å². The number of fused-ring (bicyclic) bond motifs is 1. The molecule has 6 heteroatoms. The number of ether oxygens (including phenoxy) is 2. The Labute approximate surface area is 123 Å². The van der Waals surface area contributed by atoms with E-state index in [1.807, 2.05) is 20.8 Å². The number of hydrogen-bond acceptors (Lipinski definition) is 4. The van der Waals surface area contributed by atoms with Crippen molar-refractivity contribution in [2.24, 2.45) is 5.41 Å². The molecular formula is C15H19NO5. The second-order valence-electron chi connectivity index (χ2n) is 6.06. The van der Waals surface area contributed by atoms with Gasteiger partial charge in [0.05, 0.1) is 6.42 Å². The standard InChI is InChI=1S/C15H19NO5/c1-15(2,3)12(7-13(17)18)16-14(19)9-4-5-10-11(6-9)21-8-20-10/h4-6,12H,7-8H2,1-3H3,(H,16,19)(H,17,18). The van der Waals surface area contributed by atoms with E-state index in [1.54, 1.807) is 18.2 Å². The van der Waals surface area contributed by atoms with E-state index in [1.165, 1.54) is 0 Å². The molecule has 0 fully saturated rings. The fourth-order valence-electron chi connectivity index (χ4n) is 2.03. The van der Waals surface area contributed by atoms with Crippen LogP contribution < -0.4 is 14.8 Å². The van der Waals surface area contributed by atoms with Crippen molar-refractivity contribution in [3.05, 3.63) is 23.8 Å². The number of aliphatic carboxylic acids is 1. The molecule has 1 aromatic rings. The van der Waals surface area contributed by atoms with Gasteiger partial charge in [0.25, 0.3) is 5.91 Å². The molecule has 1 heterocycles. The van der Waals surface area contributed by atoms with Crippen molar-refractivity contribution in [2.75, 3.05) is 6.79 Å². The highest BCUT2D eigenvalue weighted by atomic mass is 16.7. The van der Waals surface area contributed by atoms with E-state index in [0.29, 0.717) is 17.1 Å². The maximum atomic E-state index is 12.3. The first-order valence-electron chi connectivity index (χ1n) is 6.69. The largest absolute Gasteiger partial charge is 0.481 e. The maximum Gasteiger partial charge on any atom is 0.305 e. The summed E-state index contributed by atoms with van der Waals surface area (Å²) in [6.45, 7) is 5.81. The molecule has 0 bridgehead atoms. The highest BCUT2D eigenvalue weighted by molar-refractivity contribution is 5.95.